The first-order valence-electron chi connectivity index (χ1n) is 7.63. The van der Waals surface area contributed by atoms with Crippen LogP contribution in [0.5, 0.6) is 0 Å². The van der Waals surface area contributed by atoms with Gasteiger partial charge in [0.1, 0.15) is 0 Å². The molecule has 0 radical (unpaired) electrons. The summed E-state index contributed by atoms with van der Waals surface area (Å²) in [6.07, 6.45) is 2.69. The summed E-state index contributed by atoms with van der Waals surface area (Å²) in [6, 6.07) is 0. The molecule has 22 heavy (non-hydrogen) atoms. The molecule has 0 rings (SSSR count). The van der Waals surface area contributed by atoms with Gasteiger partial charge in [-0.3, -0.25) is 4.79 Å². The molecule has 0 aliphatic carbocycles. The van der Waals surface area contributed by atoms with E-state index in [2.05, 4.69) is 6.92 Å². The lowest BCUT2D eigenvalue weighted by Crippen LogP contribution is -2.37. The van der Waals surface area contributed by atoms with Crippen LogP contribution in [0.2, 0.25) is 0 Å². The standard InChI is InChI=1S/C15H27Cl3O4/c1-2-15(11-20-8-3-6-16,12-21-9-4-7-17)13-22-10-5-14(18)19/h2-13H2,1H3. The van der Waals surface area contributed by atoms with Crippen molar-refractivity contribution in [1.29, 1.82) is 0 Å². The van der Waals surface area contributed by atoms with E-state index < -0.39 is 0 Å². The smallest absolute Gasteiger partial charge is 0.223 e. The molecule has 0 aromatic rings. The largest absolute Gasteiger partial charge is 0.381 e. The van der Waals surface area contributed by atoms with Crippen LogP contribution in [0.15, 0.2) is 0 Å². The molecule has 0 aliphatic heterocycles. The first-order chi connectivity index (χ1) is 10.6. The minimum atomic E-state index is -0.390. The quantitative estimate of drug-likeness (QED) is 0.233. The third-order valence-corrected chi connectivity index (χ3v) is 3.99. The number of alkyl halides is 2. The predicted molar refractivity (Wildman–Crippen MR) is 91.3 cm³/mol. The number of hydrogen-bond donors (Lipinski definition) is 0. The number of hydrogen-bond acceptors (Lipinski definition) is 4. The highest BCUT2D eigenvalue weighted by Crippen LogP contribution is 2.24. The fourth-order valence-corrected chi connectivity index (χ4v) is 2.06. The van der Waals surface area contributed by atoms with Crippen molar-refractivity contribution in [2.45, 2.75) is 32.6 Å². The molecule has 0 bridgehead atoms. The summed E-state index contributed by atoms with van der Waals surface area (Å²) in [5, 5.41) is -0.390. The molecule has 0 fully saturated rings. The number of ether oxygens (including phenoxy) is 3. The number of halogens is 3. The average Bonchev–Trinajstić information content (AvgIpc) is 2.51. The fourth-order valence-electron chi connectivity index (χ4n) is 1.76. The van der Waals surface area contributed by atoms with Crippen molar-refractivity contribution < 1.29 is 19.0 Å². The van der Waals surface area contributed by atoms with Crippen LogP contribution in [0, 0.1) is 5.41 Å². The summed E-state index contributed by atoms with van der Waals surface area (Å²) >= 11 is 16.6. The minimum absolute atomic E-state index is 0.210. The highest BCUT2D eigenvalue weighted by molar-refractivity contribution is 6.63. The van der Waals surface area contributed by atoms with E-state index in [1.54, 1.807) is 0 Å². The molecule has 4 nitrogen and oxygen atoms in total. The van der Waals surface area contributed by atoms with E-state index in [-0.39, 0.29) is 17.1 Å². The Bertz CT molecular complexity index is 266. The SMILES string of the molecule is CCC(COCCCCl)(COCCCCl)COCCC(=O)Cl. The molecule has 132 valence electrons. The highest BCUT2D eigenvalue weighted by Gasteiger charge is 2.29. The molecule has 0 N–H and O–H groups in total. The first kappa shape index (κ1) is 22.4. The maximum Gasteiger partial charge on any atom is 0.223 e. The zero-order valence-electron chi connectivity index (χ0n) is 13.3. The van der Waals surface area contributed by atoms with Crippen molar-refractivity contribution >= 4 is 40.0 Å². The van der Waals surface area contributed by atoms with Crippen molar-refractivity contribution in [3.63, 3.8) is 0 Å². The number of carbonyl (C=O) groups excluding carboxylic acids is 1. The normalized spacial score (nSPS) is 11.8. The second-order valence-corrected chi connectivity index (χ2v) is 6.38. The molecule has 0 spiro atoms. The zero-order valence-corrected chi connectivity index (χ0v) is 15.5. The molecular weight excluding hydrogens is 351 g/mol. The van der Waals surface area contributed by atoms with E-state index in [9.17, 15) is 4.79 Å². The molecule has 0 heterocycles. The zero-order chi connectivity index (χ0) is 16.7. The van der Waals surface area contributed by atoms with Gasteiger partial charge in [0.25, 0.3) is 0 Å². The van der Waals surface area contributed by atoms with E-state index in [1.165, 1.54) is 0 Å². The van der Waals surface area contributed by atoms with E-state index in [4.69, 9.17) is 49.0 Å². The summed E-state index contributed by atoms with van der Waals surface area (Å²) in [5.74, 6) is 1.17. The second-order valence-electron chi connectivity index (χ2n) is 5.20. The second kappa shape index (κ2) is 15.0. The molecule has 7 heteroatoms. The monoisotopic (exact) mass is 376 g/mol. The minimum Gasteiger partial charge on any atom is -0.381 e. The molecule has 0 aliphatic rings. The third kappa shape index (κ3) is 11.9. The summed E-state index contributed by atoms with van der Waals surface area (Å²) < 4.78 is 17.0. The predicted octanol–water partition coefficient (Wildman–Crippen LogP) is 3.85. The van der Waals surface area contributed by atoms with Gasteiger partial charge in [0, 0.05) is 36.8 Å². The van der Waals surface area contributed by atoms with Crippen LogP contribution < -0.4 is 0 Å². The summed E-state index contributed by atoms with van der Waals surface area (Å²) in [5.41, 5.74) is -0.228. The molecule has 0 amide bonds. The van der Waals surface area contributed by atoms with Crippen LogP contribution in [-0.2, 0) is 19.0 Å². The Labute approximate surface area is 148 Å². The number of rotatable bonds is 16. The lowest BCUT2D eigenvalue weighted by molar-refractivity contribution is -0.113. The van der Waals surface area contributed by atoms with E-state index in [1.807, 2.05) is 0 Å². The van der Waals surface area contributed by atoms with Gasteiger partial charge in [0.05, 0.1) is 26.4 Å². The molecular formula is C15H27Cl3O4. The highest BCUT2D eigenvalue weighted by atomic mass is 35.5. The lowest BCUT2D eigenvalue weighted by atomic mass is 9.88. The van der Waals surface area contributed by atoms with Gasteiger partial charge in [0.15, 0.2) is 0 Å². The maximum atomic E-state index is 10.7. The van der Waals surface area contributed by atoms with Gasteiger partial charge in [-0.2, -0.15) is 0 Å². The van der Waals surface area contributed by atoms with Crippen molar-refractivity contribution in [1.82, 2.24) is 0 Å². The van der Waals surface area contributed by atoms with Crippen LogP contribution >= 0.6 is 34.8 Å². The van der Waals surface area contributed by atoms with Crippen molar-refractivity contribution in [2.75, 3.05) is 51.4 Å². The topological polar surface area (TPSA) is 44.8 Å². The van der Waals surface area contributed by atoms with Crippen LogP contribution in [0.3, 0.4) is 0 Å². The number of carbonyl (C=O) groups is 1. The Morgan fingerprint density at radius 3 is 1.73 bits per heavy atom. The Balaban J connectivity index is 4.30. The van der Waals surface area contributed by atoms with Crippen LogP contribution in [0.25, 0.3) is 0 Å². The lowest BCUT2D eigenvalue weighted by Gasteiger charge is -2.32. The van der Waals surface area contributed by atoms with Crippen molar-refractivity contribution in [2.24, 2.45) is 5.41 Å². The molecule has 0 atom stereocenters. The first-order valence-corrected chi connectivity index (χ1v) is 9.08. The van der Waals surface area contributed by atoms with Gasteiger partial charge in [0.2, 0.25) is 5.24 Å². The maximum absolute atomic E-state index is 10.7. The van der Waals surface area contributed by atoms with Crippen molar-refractivity contribution in [3.8, 4) is 0 Å². The third-order valence-electron chi connectivity index (χ3n) is 3.26. The van der Waals surface area contributed by atoms with E-state index >= 15 is 0 Å². The molecule has 0 saturated heterocycles. The van der Waals surface area contributed by atoms with Crippen molar-refractivity contribution in [3.05, 3.63) is 0 Å². The molecule has 0 saturated carbocycles. The summed E-state index contributed by atoms with van der Waals surface area (Å²) in [7, 11) is 0. The Hall–Kier alpha value is 0.420. The van der Waals surface area contributed by atoms with Crippen LogP contribution in [0.1, 0.15) is 32.6 Å². The Morgan fingerprint density at radius 2 is 1.36 bits per heavy atom. The fraction of sp³-hybridized carbons (Fsp3) is 0.933. The van der Waals surface area contributed by atoms with E-state index in [0.29, 0.717) is 51.4 Å². The van der Waals surface area contributed by atoms with Gasteiger partial charge < -0.3 is 14.2 Å². The van der Waals surface area contributed by atoms with Gasteiger partial charge >= 0.3 is 0 Å². The van der Waals surface area contributed by atoms with E-state index in [0.717, 1.165) is 19.3 Å². The van der Waals surface area contributed by atoms with Crippen LogP contribution in [-0.4, -0.2) is 56.6 Å². The van der Waals surface area contributed by atoms with Gasteiger partial charge in [-0.05, 0) is 30.9 Å². The summed E-state index contributed by atoms with van der Waals surface area (Å²) in [4.78, 5) is 10.7. The van der Waals surface area contributed by atoms with Gasteiger partial charge in [-0.25, -0.2) is 0 Å². The molecule has 0 aromatic heterocycles. The van der Waals surface area contributed by atoms with Gasteiger partial charge in [-0.1, -0.05) is 6.92 Å². The Morgan fingerprint density at radius 1 is 0.909 bits per heavy atom. The summed E-state index contributed by atoms with van der Waals surface area (Å²) in [6.45, 7) is 5.17. The average molecular weight is 378 g/mol. The molecule has 0 aromatic carbocycles. The Kier molecular flexibility index (Phi) is 15.3. The van der Waals surface area contributed by atoms with Gasteiger partial charge in [-0.15, -0.1) is 23.2 Å². The molecule has 0 unspecified atom stereocenters. The van der Waals surface area contributed by atoms with Crippen LogP contribution in [0.4, 0.5) is 0 Å².